The van der Waals surface area contributed by atoms with Gasteiger partial charge in [0.2, 0.25) is 0 Å². The minimum atomic E-state index is -0.435. The number of hydrogen-bond acceptors (Lipinski definition) is 8. The molecule has 9 nitrogen and oxygen atoms in total. The van der Waals surface area contributed by atoms with Gasteiger partial charge in [-0.3, -0.25) is 5.32 Å². The van der Waals surface area contributed by atoms with Gasteiger partial charge in [0, 0.05) is 38.6 Å². The lowest BCUT2D eigenvalue weighted by molar-refractivity contribution is -0.0550. The topological polar surface area (TPSA) is 139 Å². The number of fused-ring (bicyclic) bond motifs is 2. The third-order valence-electron chi connectivity index (χ3n) is 11.0. The fourth-order valence-corrected chi connectivity index (χ4v) is 8.51. The maximum Gasteiger partial charge on any atom is 0.196 e. The molecule has 2 saturated carbocycles. The largest absolute Gasteiger partial charge is 0.504 e. The molecule has 4 aliphatic rings. The van der Waals surface area contributed by atoms with Crippen LogP contribution >= 0.6 is 0 Å². The number of aliphatic hydroxyl groups is 5. The number of hydrogen-bond donors (Lipinski definition) is 6. The fraction of sp³-hybridized carbons (Fsp3) is 0.675. The summed E-state index contributed by atoms with van der Waals surface area (Å²) in [6.07, 6.45) is 17.2. The van der Waals surface area contributed by atoms with Gasteiger partial charge in [-0.1, -0.05) is 39.2 Å². The van der Waals surface area contributed by atoms with Gasteiger partial charge in [0.1, 0.15) is 30.4 Å². The van der Waals surface area contributed by atoms with Crippen LogP contribution < -0.4 is 15.4 Å². The summed E-state index contributed by atoms with van der Waals surface area (Å²) in [6.45, 7) is 7.92. The number of unbranched alkanes of at least 4 members (excludes halogenated alkanes) is 1. The molecule has 7 N–H and O–H groups in total. The molecule has 1 aromatic rings. The Kier molecular flexibility index (Phi) is 14.3. The molecule has 1 unspecified atom stereocenters. The van der Waals surface area contributed by atoms with E-state index in [-0.39, 0.29) is 43.1 Å². The number of ether oxygens (including phenoxy) is 2. The molecule has 2 fully saturated rings. The first-order valence-corrected chi connectivity index (χ1v) is 19.1. The van der Waals surface area contributed by atoms with Crippen molar-refractivity contribution in [2.24, 2.45) is 22.7 Å². The number of likely N-dealkylation sites (N-methyl/N-ethyl adjacent to an activating group) is 1. The number of phenolic OH excluding ortho intramolecular Hbond substituents is 1. The quantitative estimate of drug-likeness (QED) is 0.0834. The number of rotatable bonds is 20. The van der Waals surface area contributed by atoms with Gasteiger partial charge in [-0.25, -0.2) is 0 Å². The Morgan fingerprint density at radius 3 is 2.76 bits per heavy atom. The zero-order valence-electron chi connectivity index (χ0n) is 30.0. The second kappa shape index (κ2) is 18.6. The fourth-order valence-electron chi connectivity index (χ4n) is 8.51. The van der Waals surface area contributed by atoms with Crippen molar-refractivity contribution in [2.75, 3.05) is 32.9 Å². The van der Waals surface area contributed by atoms with E-state index in [4.69, 9.17) is 14.5 Å². The van der Waals surface area contributed by atoms with Gasteiger partial charge >= 0.3 is 0 Å². The maximum absolute atomic E-state index is 10.8. The average molecular weight is 681 g/mol. The lowest BCUT2D eigenvalue weighted by Crippen LogP contribution is -2.46. The van der Waals surface area contributed by atoms with Crippen molar-refractivity contribution in [3.8, 4) is 11.5 Å². The maximum atomic E-state index is 10.8. The highest BCUT2D eigenvalue weighted by Gasteiger charge is 2.52. The van der Waals surface area contributed by atoms with E-state index in [1.807, 2.05) is 19.1 Å². The Balaban J connectivity index is 1.28. The lowest BCUT2D eigenvalue weighted by atomic mass is 9.71. The molecule has 49 heavy (non-hydrogen) atoms. The van der Waals surface area contributed by atoms with Crippen LogP contribution in [0.5, 0.6) is 11.5 Å². The Morgan fingerprint density at radius 1 is 1.14 bits per heavy atom. The number of allylic oxidation sites excluding steroid dienone is 1. The molecule has 1 aromatic carbocycles. The molecule has 0 spiro atoms. The summed E-state index contributed by atoms with van der Waals surface area (Å²) in [4.78, 5) is 5.26. The minimum absolute atomic E-state index is 0.0543. The van der Waals surface area contributed by atoms with Gasteiger partial charge in [0.25, 0.3) is 0 Å². The van der Waals surface area contributed by atoms with E-state index >= 15 is 0 Å². The van der Waals surface area contributed by atoms with Crippen LogP contribution in [-0.2, 0) is 6.42 Å². The zero-order chi connectivity index (χ0) is 34.8. The van der Waals surface area contributed by atoms with Crippen LogP contribution in [0.25, 0.3) is 0 Å². The van der Waals surface area contributed by atoms with E-state index in [1.54, 1.807) is 6.07 Å². The van der Waals surface area contributed by atoms with Crippen LogP contribution in [0.3, 0.4) is 0 Å². The van der Waals surface area contributed by atoms with E-state index in [0.717, 1.165) is 87.3 Å². The van der Waals surface area contributed by atoms with Gasteiger partial charge in [-0.2, -0.15) is 0 Å². The highest BCUT2D eigenvalue weighted by molar-refractivity contribution is 6.03. The number of aryl methyl sites for hydroxylation is 1. The van der Waals surface area contributed by atoms with Crippen molar-refractivity contribution >= 4 is 5.71 Å². The number of benzene rings is 1. The molecule has 2 aliphatic carbocycles. The number of aromatic hydroxyl groups is 1. The molecular formula is C40H62N3O6+. The van der Waals surface area contributed by atoms with Crippen molar-refractivity contribution in [1.82, 2.24) is 10.6 Å². The van der Waals surface area contributed by atoms with E-state index < -0.39 is 6.10 Å². The van der Waals surface area contributed by atoms with E-state index in [0.29, 0.717) is 30.7 Å². The van der Waals surface area contributed by atoms with Gasteiger partial charge in [0.05, 0.1) is 18.1 Å². The third kappa shape index (κ3) is 9.83. The molecule has 7 atom stereocenters. The van der Waals surface area contributed by atoms with E-state index in [1.165, 1.54) is 30.9 Å². The summed E-state index contributed by atoms with van der Waals surface area (Å²) in [5, 5.41) is 47.7. The average Bonchev–Trinajstić information content (AvgIpc) is 3.83. The molecule has 0 amide bonds. The molecule has 272 valence electrons. The first-order chi connectivity index (χ1) is 23.8. The Labute approximate surface area is 294 Å². The Bertz CT molecular complexity index is 1280. The predicted octanol–water partition coefficient (Wildman–Crippen LogP) is 5.08. The van der Waals surface area contributed by atoms with Crippen molar-refractivity contribution in [3.05, 3.63) is 59.2 Å². The Hall–Kier alpha value is -2.53. The number of aliphatic hydroxyl groups excluding tert-OH is 3. The second-order valence-electron chi connectivity index (χ2n) is 14.6. The molecule has 0 bridgehead atoms. The number of aliphatic imine (C=N–C) groups is 1. The molecule has 9 heteroatoms. The number of nitrogens with zero attached hydrogens (tertiary/aromatic N) is 1. The predicted molar refractivity (Wildman–Crippen MR) is 195 cm³/mol. The summed E-state index contributed by atoms with van der Waals surface area (Å²) < 4.78 is 11.2. The second-order valence-corrected chi connectivity index (χ2v) is 14.6. The highest BCUT2D eigenvalue weighted by atomic mass is 16.5. The van der Waals surface area contributed by atoms with Crippen LogP contribution in [-0.4, -0.2) is 88.1 Å². The van der Waals surface area contributed by atoms with Crippen LogP contribution in [0, 0.1) is 29.8 Å². The first kappa shape index (κ1) is 37.7. The summed E-state index contributed by atoms with van der Waals surface area (Å²) in [5.74, 6) is 3.45. The molecule has 0 aromatic heterocycles. The zero-order valence-corrected chi connectivity index (χ0v) is 30.0. The third-order valence-corrected chi connectivity index (χ3v) is 11.0. The summed E-state index contributed by atoms with van der Waals surface area (Å²) >= 11 is 0. The van der Waals surface area contributed by atoms with Crippen LogP contribution in [0.2, 0.25) is 0 Å². The molecule has 0 saturated heterocycles. The lowest BCUT2D eigenvalue weighted by Gasteiger charge is -2.33. The van der Waals surface area contributed by atoms with Gasteiger partial charge in [0.15, 0.2) is 23.2 Å². The van der Waals surface area contributed by atoms with Crippen LogP contribution in [0.15, 0.2) is 46.6 Å². The monoisotopic (exact) mass is 680 g/mol. The summed E-state index contributed by atoms with van der Waals surface area (Å²) in [7, 11) is 0. The van der Waals surface area contributed by atoms with Crippen molar-refractivity contribution < 1.29 is 29.9 Å². The van der Waals surface area contributed by atoms with E-state index in [2.05, 4.69) is 36.6 Å². The molecule has 2 heterocycles. The van der Waals surface area contributed by atoms with Gasteiger partial charge < -0.3 is 35.2 Å². The van der Waals surface area contributed by atoms with Crippen molar-refractivity contribution in [2.45, 2.75) is 122 Å². The molecule has 0 radical (unpaired) electrons. The molecule has 2 aliphatic heterocycles. The number of phenols is 1. The van der Waals surface area contributed by atoms with Crippen LogP contribution in [0.4, 0.5) is 0 Å². The van der Waals surface area contributed by atoms with Crippen LogP contribution in [0.1, 0.15) is 97.0 Å². The summed E-state index contributed by atoms with van der Waals surface area (Å²) in [6, 6.07) is 5.60. The highest BCUT2D eigenvalue weighted by Crippen LogP contribution is 2.50. The normalized spacial score (nSPS) is 25.3. The van der Waals surface area contributed by atoms with Gasteiger partial charge in [-0.15, -0.1) is 16.6 Å². The van der Waals surface area contributed by atoms with Crippen molar-refractivity contribution in [3.63, 3.8) is 0 Å². The molecular weight excluding hydrogens is 618 g/mol. The smallest absolute Gasteiger partial charge is 0.196 e. The molecule has 5 rings (SSSR count). The van der Waals surface area contributed by atoms with Gasteiger partial charge in [-0.05, 0) is 87.9 Å². The Morgan fingerprint density at radius 2 is 2.00 bits per heavy atom. The SMILES string of the molecule is CCCCC1[OH+][C-](CCc2ccc(O)c(OC[C@H](NCC)C3=C[C+]4C(=N3)CC[C@H]3CCC[C@@H]3[C@@H]4[C@H](CCCO)NC[C@H](C)O)c2)C=C1CO. The number of nitrogens with one attached hydrogen (secondary N) is 2. The summed E-state index contributed by atoms with van der Waals surface area (Å²) in [5.41, 5.74) is 4.23. The first-order valence-electron chi connectivity index (χ1n) is 19.1. The van der Waals surface area contributed by atoms with E-state index in [9.17, 15) is 20.4 Å². The van der Waals surface area contributed by atoms with Crippen molar-refractivity contribution in [1.29, 1.82) is 0 Å². The standard InChI is InChI=1S/C40H61N3O6/c1-4-6-12-38-29(24-45)21-30(49-38)16-13-27-14-18-37(47)39(20-27)48-25-36(41-5-2)35-22-32-33(43-35)17-15-28-9-7-10-31(28)40(32)34(11-8-19-44)42-23-26(3)46/h14,18,20-22,26,28,31,34,36,38,40-42,44-46,49H,4-13,15-17,19,23-25H2,1-3H3/p+1/t26-,28+,31-,34-,36-,38?,40-/m0/s1. The minimum Gasteiger partial charge on any atom is -0.504 e.